The maximum Gasteiger partial charge on any atom is 0.270 e. The maximum atomic E-state index is 12.2. The minimum absolute atomic E-state index is 0.260. The number of methoxy groups -OCH3 is 1. The van der Waals surface area contributed by atoms with Crippen molar-refractivity contribution in [2.24, 2.45) is 0 Å². The third-order valence-corrected chi connectivity index (χ3v) is 3.76. The Bertz CT molecular complexity index is 848. The number of rotatable bonds is 9. The quantitative estimate of drug-likeness (QED) is 0.565. The highest BCUT2D eigenvalue weighted by molar-refractivity contribution is 5.93. The van der Waals surface area contributed by atoms with E-state index >= 15 is 0 Å². The summed E-state index contributed by atoms with van der Waals surface area (Å²) in [5.41, 5.74) is 1.13. The fourth-order valence-electron chi connectivity index (χ4n) is 2.37. The molecule has 0 bridgehead atoms. The van der Waals surface area contributed by atoms with Crippen molar-refractivity contribution in [1.82, 2.24) is 10.3 Å². The summed E-state index contributed by atoms with van der Waals surface area (Å²) in [6.45, 7) is 1.39. The molecule has 7 heteroatoms. The van der Waals surface area contributed by atoms with Crippen molar-refractivity contribution in [1.29, 1.82) is 0 Å². The van der Waals surface area contributed by atoms with Gasteiger partial charge in [0.05, 0.1) is 19.9 Å². The molecule has 0 aliphatic rings. The Hall–Kier alpha value is -3.48. The van der Waals surface area contributed by atoms with E-state index in [1.807, 2.05) is 24.3 Å². The molecule has 2 aromatic heterocycles. The molecule has 0 aliphatic carbocycles. The number of furan rings is 1. The molecule has 7 nitrogen and oxygen atoms in total. The summed E-state index contributed by atoms with van der Waals surface area (Å²) < 4.78 is 16.0. The van der Waals surface area contributed by atoms with E-state index < -0.39 is 0 Å². The van der Waals surface area contributed by atoms with Gasteiger partial charge in [-0.1, -0.05) is 0 Å². The highest BCUT2D eigenvalue weighted by Crippen LogP contribution is 2.17. The molecular formula is C20H21N3O4. The molecule has 0 atom stereocenters. The van der Waals surface area contributed by atoms with E-state index in [1.165, 1.54) is 0 Å². The second kappa shape index (κ2) is 9.28. The van der Waals surface area contributed by atoms with Crippen LogP contribution in [-0.4, -0.2) is 31.2 Å². The van der Waals surface area contributed by atoms with Gasteiger partial charge in [-0.2, -0.15) is 0 Å². The van der Waals surface area contributed by atoms with E-state index in [0.29, 0.717) is 31.2 Å². The largest absolute Gasteiger partial charge is 0.497 e. The van der Waals surface area contributed by atoms with Gasteiger partial charge in [-0.05, 0) is 48.5 Å². The van der Waals surface area contributed by atoms with Gasteiger partial charge in [-0.3, -0.25) is 9.78 Å². The Morgan fingerprint density at radius 3 is 2.70 bits per heavy atom. The molecule has 3 aromatic rings. The number of nitrogens with zero attached hydrogens (tertiary/aromatic N) is 1. The monoisotopic (exact) mass is 367 g/mol. The van der Waals surface area contributed by atoms with Crippen LogP contribution in [0.15, 0.2) is 65.4 Å². The summed E-state index contributed by atoms with van der Waals surface area (Å²) in [6, 6.07) is 14.5. The number of carbonyl (C=O) groups excluding carboxylic acids is 1. The minimum atomic E-state index is -0.260. The molecule has 0 unspecified atom stereocenters. The second-order valence-electron chi connectivity index (χ2n) is 5.64. The minimum Gasteiger partial charge on any atom is -0.497 e. The first-order chi connectivity index (χ1) is 13.2. The van der Waals surface area contributed by atoms with Crippen molar-refractivity contribution in [3.63, 3.8) is 0 Å². The van der Waals surface area contributed by atoms with E-state index in [9.17, 15) is 4.79 Å². The van der Waals surface area contributed by atoms with Crippen molar-refractivity contribution in [2.75, 3.05) is 25.6 Å². The van der Waals surface area contributed by atoms with Crippen molar-refractivity contribution < 1.29 is 18.7 Å². The van der Waals surface area contributed by atoms with Crippen molar-refractivity contribution in [2.45, 2.75) is 6.54 Å². The van der Waals surface area contributed by atoms with E-state index in [0.717, 1.165) is 17.2 Å². The smallest absolute Gasteiger partial charge is 0.270 e. The SMILES string of the molecule is COc1ccc(OCCNc2ccnc(C(=O)NCc3ccco3)c2)cc1. The molecule has 2 heterocycles. The number of hydrogen-bond donors (Lipinski definition) is 2. The molecule has 0 spiro atoms. The molecule has 1 aromatic carbocycles. The number of anilines is 1. The molecular weight excluding hydrogens is 346 g/mol. The van der Waals surface area contributed by atoms with Gasteiger partial charge >= 0.3 is 0 Å². The molecule has 0 radical (unpaired) electrons. The molecule has 27 heavy (non-hydrogen) atoms. The lowest BCUT2D eigenvalue weighted by molar-refractivity contribution is 0.0943. The van der Waals surface area contributed by atoms with Crippen LogP contribution < -0.4 is 20.1 Å². The van der Waals surface area contributed by atoms with Crippen molar-refractivity contribution in [3.05, 3.63) is 72.4 Å². The third-order valence-electron chi connectivity index (χ3n) is 3.76. The fourth-order valence-corrected chi connectivity index (χ4v) is 2.37. The Labute approximate surface area is 157 Å². The Kier molecular flexibility index (Phi) is 6.30. The highest BCUT2D eigenvalue weighted by atomic mass is 16.5. The third kappa shape index (κ3) is 5.50. The van der Waals surface area contributed by atoms with Gasteiger partial charge in [0.25, 0.3) is 5.91 Å². The Morgan fingerprint density at radius 2 is 1.96 bits per heavy atom. The second-order valence-corrected chi connectivity index (χ2v) is 5.64. The molecule has 3 rings (SSSR count). The van der Waals surface area contributed by atoms with Crippen molar-refractivity contribution in [3.8, 4) is 11.5 Å². The van der Waals surface area contributed by atoms with Crippen LogP contribution in [0, 0.1) is 0 Å². The van der Waals surface area contributed by atoms with Crippen LogP contribution in [-0.2, 0) is 6.54 Å². The number of nitrogens with one attached hydrogen (secondary N) is 2. The summed E-state index contributed by atoms with van der Waals surface area (Å²) in [6.07, 6.45) is 3.16. The molecule has 2 N–H and O–H groups in total. The van der Waals surface area contributed by atoms with E-state index in [-0.39, 0.29) is 5.91 Å². The normalized spacial score (nSPS) is 10.3. The summed E-state index contributed by atoms with van der Waals surface area (Å²) in [7, 11) is 1.63. The lowest BCUT2D eigenvalue weighted by Gasteiger charge is -2.10. The Morgan fingerprint density at radius 1 is 1.15 bits per heavy atom. The number of hydrogen-bond acceptors (Lipinski definition) is 6. The van der Waals surface area contributed by atoms with Crippen LogP contribution in [0.3, 0.4) is 0 Å². The fraction of sp³-hybridized carbons (Fsp3) is 0.200. The van der Waals surface area contributed by atoms with Gasteiger partial charge in [0, 0.05) is 18.4 Å². The average molecular weight is 367 g/mol. The first-order valence-electron chi connectivity index (χ1n) is 8.52. The van der Waals surface area contributed by atoms with Crippen LogP contribution in [0.25, 0.3) is 0 Å². The van der Waals surface area contributed by atoms with Crippen LogP contribution in [0.2, 0.25) is 0 Å². The van der Waals surface area contributed by atoms with Gasteiger partial charge in [0.15, 0.2) is 0 Å². The number of amides is 1. The molecule has 0 fully saturated rings. The van der Waals surface area contributed by atoms with Gasteiger partial charge in [0.1, 0.15) is 29.6 Å². The number of pyridine rings is 1. The zero-order valence-electron chi connectivity index (χ0n) is 15.0. The first-order valence-corrected chi connectivity index (χ1v) is 8.52. The summed E-state index contributed by atoms with van der Waals surface area (Å²) in [5, 5.41) is 5.98. The van der Waals surface area contributed by atoms with Crippen LogP contribution in [0.1, 0.15) is 16.2 Å². The Balaban J connectivity index is 1.44. The van der Waals surface area contributed by atoms with Gasteiger partial charge in [-0.15, -0.1) is 0 Å². The predicted molar refractivity (Wildman–Crippen MR) is 101 cm³/mol. The standard InChI is InChI=1S/C20H21N3O4/c1-25-16-4-6-17(7-5-16)27-12-10-21-15-8-9-22-19(13-15)20(24)23-14-18-3-2-11-26-18/h2-9,11,13H,10,12,14H2,1H3,(H,21,22)(H,23,24). The van der Waals surface area contributed by atoms with E-state index in [2.05, 4.69) is 15.6 Å². The van der Waals surface area contributed by atoms with E-state index in [4.69, 9.17) is 13.9 Å². The molecule has 0 saturated heterocycles. The van der Waals surface area contributed by atoms with Crippen LogP contribution in [0.4, 0.5) is 5.69 Å². The number of benzene rings is 1. The average Bonchev–Trinajstić information content (AvgIpc) is 3.24. The first kappa shape index (κ1) is 18.3. The molecule has 0 aliphatic heterocycles. The zero-order chi connectivity index (χ0) is 18.9. The zero-order valence-corrected chi connectivity index (χ0v) is 15.0. The number of ether oxygens (including phenoxy) is 2. The molecule has 0 saturated carbocycles. The van der Waals surface area contributed by atoms with E-state index in [1.54, 1.807) is 43.8 Å². The van der Waals surface area contributed by atoms with Gasteiger partial charge in [0.2, 0.25) is 0 Å². The topological polar surface area (TPSA) is 85.6 Å². The lowest BCUT2D eigenvalue weighted by Crippen LogP contribution is -2.23. The number of aromatic nitrogens is 1. The predicted octanol–water partition coefficient (Wildman–Crippen LogP) is 3.10. The summed E-state index contributed by atoms with van der Waals surface area (Å²) in [5.74, 6) is 1.98. The molecule has 1 amide bonds. The summed E-state index contributed by atoms with van der Waals surface area (Å²) in [4.78, 5) is 16.3. The summed E-state index contributed by atoms with van der Waals surface area (Å²) >= 11 is 0. The van der Waals surface area contributed by atoms with Crippen LogP contribution in [0.5, 0.6) is 11.5 Å². The van der Waals surface area contributed by atoms with Gasteiger partial charge < -0.3 is 24.5 Å². The number of carbonyl (C=O) groups is 1. The van der Waals surface area contributed by atoms with Crippen LogP contribution >= 0.6 is 0 Å². The van der Waals surface area contributed by atoms with Gasteiger partial charge in [-0.25, -0.2) is 0 Å². The molecule has 140 valence electrons. The van der Waals surface area contributed by atoms with Crippen molar-refractivity contribution >= 4 is 11.6 Å². The maximum absolute atomic E-state index is 12.2. The lowest BCUT2D eigenvalue weighted by atomic mass is 10.3. The highest BCUT2D eigenvalue weighted by Gasteiger charge is 2.08.